The Bertz CT molecular complexity index is 804. The zero-order valence-electron chi connectivity index (χ0n) is 15.6. The fourth-order valence-electron chi connectivity index (χ4n) is 2.48. The number of unbranched alkanes of at least 4 members (excludes halogenated alkanes) is 3. The first-order valence-electron chi connectivity index (χ1n) is 8.99. The van der Waals surface area contributed by atoms with Crippen LogP contribution in [0, 0.1) is 5.82 Å². The molecule has 1 aromatic heterocycles. The molecule has 0 spiro atoms. The molecule has 27 heavy (non-hydrogen) atoms. The largest absolute Gasteiger partial charge is 0.353 e. The average Bonchev–Trinajstić information content (AvgIpc) is 3.10. The number of rotatable bonds is 9. The Morgan fingerprint density at radius 1 is 1.26 bits per heavy atom. The van der Waals surface area contributed by atoms with E-state index in [1.807, 2.05) is 0 Å². The topological polar surface area (TPSA) is 62.3 Å². The molecule has 0 unspecified atom stereocenters. The van der Waals surface area contributed by atoms with Crippen LogP contribution >= 0.6 is 11.3 Å². The van der Waals surface area contributed by atoms with Crippen LogP contribution in [0.4, 0.5) is 15.2 Å². The number of aromatic nitrogens is 1. The number of carbonyl (C=O) groups excluding carboxylic acids is 2. The summed E-state index contributed by atoms with van der Waals surface area (Å²) in [5, 5.41) is 4.90. The van der Waals surface area contributed by atoms with Gasteiger partial charge in [0.25, 0.3) is 0 Å². The van der Waals surface area contributed by atoms with E-state index in [0.717, 1.165) is 19.3 Å². The van der Waals surface area contributed by atoms with Crippen LogP contribution in [-0.4, -0.2) is 23.3 Å². The van der Waals surface area contributed by atoms with E-state index in [1.165, 1.54) is 47.8 Å². The zero-order chi connectivity index (χ0) is 19.6. The van der Waals surface area contributed by atoms with Crippen LogP contribution in [0.1, 0.15) is 45.2 Å². The molecule has 1 N–H and O–H groups in total. The Kier molecular flexibility index (Phi) is 8.13. The lowest BCUT2D eigenvalue weighted by Gasteiger charge is -2.18. The molecule has 0 atom stereocenters. The molecule has 2 aromatic rings. The predicted molar refractivity (Wildman–Crippen MR) is 108 cm³/mol. The second kappa shape index (κ2) is 10.6. The van der Waals surface area contributed by atoms with E-state index in [4.69, 9.17) is 0 Å². The lowest BCUT2D eigenvalue weighted by atomic mass is 10.2. The van der Waals surface area contributed by atoms with Crippen LogP contribution in [0.25, 0.3) is 6.08 Å². The van der Waals surface area contributed by atoms with Gasteiger partial charge in [-0.2, -0.15) is 0 Å². The molecule has 2 amide bonds. The molecule has 0 radical (unpaired) electrons. The summed E-state index contributed by atoms with van der Waals surface area (Å²) in [4.78, 5) is 29.4. The number of nitrogens with zero attached hydrogens (tertiary/aromatic N) is 2. The van der Waals surface area contributed by atoms with Crippen molar-refractivity contribution >= 4 is 40.0 Å². The third kappa shape index (κ3) is 6.29. The van der Waals surface area contributed by atoms with Gasteiger partial charge in [-0.3, -0.25) is 14.5 Å². The highest BCUT2D eigenvalue weighted by molar-refractivity contribution is 7.14. The summed E-state index contributed by atoms with van der Waals surface area (Å²) in [5.41, 5.74) is 0.693. The molecule has 7 heteroatoms. The van der Waals surface area contributed by atoms with E-state index in [0.29, 0.717) is 17.4 Å². The molecular weight excluding hydrogens is 365 g/mol. The normalized spacial score (nSPS) is 10.9. The van der Waals surface area contributed by atoms with Crippen LogP contribution < -0.4 is 10.2 Å². The minimum atomic E-state index is -0.498. The van der Waals surface area contributed by atoms with Crippen molar-refractivity contribution in [2.24, 2.45) is 0 Å². The van der Waals surface area contributed by atoms with Crippen molar-refractivity contribution in [1.29, 1.82) is 0 Å². The van der Waals surface area contributed by atoms with Gasteiger partial charge >= 0.3 is 0 Å². The minimum Gasteiger partial charge on any atom is -0.353 e. The average molecular weight is 389 g/mol. The second-order valence-corrected chi connectivity index (χ2v) is 6.88. The Morgan fingerprint density at radius 3 is 2.74 bits per heavy atom. The van der Waals surface area contributed by atoms with Crippen molar-refractivity contribution in [2.45, 2.75) is 39.5 Å². The molecule has 0 saturated heterocycles. The van der Waals surface area contributed by atoms with Gasteiger partial charge in [0.05, 0.1) is 11.4 Å². The summed E-state index contributed by atoms with van der Waals surface area (Å²) in [6.45, 7) is 4.15. The minimum absolute atomic E-state index is 0.153. The van der Waals surface area contributed by atoms with Gasteiger partial charge in [-0.15, -0.1) is 11.3 Å². The fraction of sp³-hybridized carbons (Fsp3) is 0.350. The molecule has 0 fully saturated rings. The fourth-order valence-corrected chi connectivity index (χ4v) is 3.33. The van der Waals surface area contributed by atoms with Gasteiger partial charge in [-0.25, -0.2) is 9.37 Å². The van der Waals surface area contributed by atoms with E-state index in [1.54, 1.807) is 23.6 Å². The number of nitrogens with one attached hydrogen (secondary N) is 1. The monoisotopic (exact) mass is 389 g/mol. The van der Waals surface area contributed by atoms with Gasteiger partial charge in [0.1, 0.15) is 5.82 Å². The standard InChI is InChI=1S/C20H24FN3O2S/c1-3-4-5-8-13-22-19(26)12-11-16-14-27-20(23-16)24(15(2)25)18-10-7-6-9-17(18)21/h6-7,9-12,14H,3-5,8,13H2,1-2H3,(H,22,26)/b12-11+. The molecule has 0 aliphatic rings. The number of hydrogen-bond donors (Lipinski definition) is 1. The Balaban J connectivity index is 2.01. The van der Waals surface area contributed by atoms with E-state index in [-0.39, 0.29) is 17.5 Å². The molecule has 0 aliphatic heterocycles. The van der Waals surface area contributed by atoms with Crippen LogP contribution in [0.5, 0.6) is 0 Å². The van der Waals surface area contributed by atoms with E-state index in [9.17, 15) is 14.0 Å². The summed E-state index contributed by atoms with van der Waals surface area (Å²) in [6.07, 6.45) is 7.39. The summed E-state index contributed by atoms with van der Waals surface area (Å²) >= 11 is 1.21. The quantitative estimate of drug-likeness (QED) is 0.500. The maximum absolute atomic E-state index is 14.1. The number of carbonyl (C=O) groups is 2. The first kappa shape index (κ1) is 20.8. The SMILES string of the molecule is CCCCCCNC(=O)/C=C/c1csc(N(C(C)=O)c2ccccc2F)n1. The number of benzene rings is 1. The molecule has 2 rings (SSSR count). The number of hydrogen-bond acceptors (Lipinski definition) is 4. The number of anilines is 2. The molecule has 144 valence electrons. The number of halogens is 1. The lowest BCUT2D eigenvalue weighted by molar-refractivity contribution is -0.117. The van der Waals surface area contributed by atoms with Gasteiger partial charge < -0.3 is 5.32 Å². The maximum Gasteiger partial charge on any atom is 0.244 e. The van der Waals surface area contributed by atoms with E-state index >= 15 is 0 Å². The Labute approximate surface area is 162 Å². The molecule has 0 aliphatic carbocycles. The third-order valence-corrected chi connectivity index (χ3v) is 4.69. The van der Waals surface area contributed by atoms with Gasteiger partial charge in [-0.1, -0.05) is 38.3 Å². The highest BCUT2D eigenvalue weighted by Gasteiger charge is 2.20. The van der Waals surface area contributed by atoms with Crippen molar-refractivity contribution < 1.29 is 14.0 Å². The summed E-state index contributed by atoms with van der Waals surface area (Å²) < 4.78 is 14.1. The summed E-state index contributed by atoms with van der Waals surface area (Å²) in [5.74, 6) is -1.02. The van der Waals surface area contributed by atoms with Crippen molar-refractivity contribution in [2.75, 3.05) is 11.4 Å². The molecule has 1 heterocycles. The van der Waals surface area contributed by atoms with Crippen LogP contribution in [0.3, 0.4) is 0 Å². The number of para-hydroxylation sites is 1. The van der Waals surface area contributed by atoms with E-state index in [2.05, 4.69) is 17.2 Å². The zero-order valence-corrected chi connectivity index (χ0v) is 16.4. The third-order valence-electron chi connectivity index (χ3n) is 3.84. The van der Waals surface area contributed by atoms with Crippen LogP contribution in [-0.2, 0) is 9.59 Å². The molecular formula is C20H24FN3O2S. The Morgan fingerprint density at radius 2 is 2.04 bits per heavy atom. The van der Waals surface area contributed by atoms with Gasteiger partial charge in [0.2, 0.25) is 11.8 Å². The van der Waals surface area contributed by atoms with Gasteiger partial charge in [-0.05, 0) is 24.6 Å². The molecule has 1 aromatic carbocycles. The highest BCUT2D eigenvalue weighted by atomic mass is 32.1. The van der Waals surface area contributed by atoms with Gasteiger partial charge in [0, 0.05) is 24.9 Å². The van der Waals surface area contributed by atoms with Crippen molar-refractivity contribution in [3.63, 3.8) is 0 Å². The Hall–Kier alpha value is -2.54. The predicted octanol–water partition coefficient (Wildman–Crippen LogP) is 4.68. The maximum atomic E-state index is 14.1. The molecule has 0 bridgehead atoms. The second-order valence-electron chi connectivity index (χ2n) is 6.05. The number of amides is 2. The summed E-state index contributed by atoms with van der Waals surface area (Å²) in [7, 11) is 0. The smallest absolute Gasteiger partial charge is 0.244 e. The van der Waals surface area contributed by atoms with Gasteiger partial charge in [0.15, 0.2) is 5.13 Å². The van der Waals surface area contributed by atoms with E-state index < -0.39 is 5.82 Å². The number of thiazole rings is 1. The first-order valence-corrected chi connectivity index (χ1v) is 9.87. The van der Waals surface area contributed by atoms with Crippen molar-refractivity contribution in [3.8, 4) is 0 Å². The van der Waals surface area contributed by atoms with Crippen molar-refractivity contribution in [3.05, 3.63) is 47.2 Å². The van der Waals surface area contributed by atoms with Crippen LogP contribution in [0.15, 0.2) is 35.7 Å². The summed E-state index contributed by atoms with van der Waals surface area (Å²) in [6, 6.07) is 6.05. The highest BCUT2D eigenvalue weighted by Crippen LogP contribution is 2.30. The van der Waals surface area contributed by atoms with Crippen molar-refractivity contribution in [1.82, 2.24) is 10.3 Å². The molecule has 5 nitrogen and oxygen atoms in total. The van der Waals surface area contributed by atoms with Crippen LogP contribution in [0.2, 0.25) is 0 Å². The first-order chi connectivity index (χ1) is 13.0. The lowest BCUT2D eigenvalue weighted by Crippen LogP contribution is -2.23. The molecule has 0 saturated carbocycles.